The molecule has 2 aromatic rings. The van der Waals surface area contributed by atoms with Crippen molar-refractivity contribution in [3.05, 3.63) is 45.2 Å². The van der Waals surface area contributed by atoms with Crippen LogP contribution in [-0.4, -0.2) is 43.1 Å². The molecule has 0 unspecified atom stereocenters. The molecule has 1 aromatic carbocycles. The summed E-state index contributed by atoms with van der Waals surface area (Å²) < 4.78 is 18.4. The van der Waals surface area contributed by atoms with Gasteiger partial charge in [0.2, 0.25) is 0 Å². The SMILES string of the molecule is COCCCOc1cc2c(cc1OC)-c1c(C(C)(C)C)c(=O)c(C(=O)O)cn1CC2. The van der Waals surface area contributed by atoms with Gasteiger partial charge in [0.05, 0.1) is 19.4 Å². The number of rotatable bonds is 7. The van der Waals surface area contributed by atoms with Crippen molar-refractivity contribution in [2.24, 2.45) is 0 Å². The van der Waals surface area contributed by atoms with Crippen LogP contribution in [0.15, 0.2) is 23.1 Å². The van der Waals surface area contributed by atoms with Gasteiger partial charge in [-0.25, -0.2) is 4.79 Å². The quantitative estimate of drug-likeness (QED) is 0.697. The molecule has 7 heteroatoms. The van der Waals surface area contributed by atoms with Gasteiger partial charge in [0.1, 0.15) is 5.56 Å². The van der Waals surface area contributed by atoms with Crippen molar-refractivity contribution < 1.29 is 24.1 Å². The van der Waals surface area contributed by atoms with Crippen LogP contribution < -0.4 is 14.9 Å². The monoisotopic (exact) mass is 415 g/mol. The average Bonchev–Trinajstić information content (AvgIpc) is 2.68. The summed E-state index contributed by atoms with van der Waals surface area (Å²) in [4.78, 5) is 24.8. The smallest absolute Gasteiger partial charge is 0.341 e. The first-order valence-corrected chi connectivity index (χ1v) is 10.0. The van der Waals surface area contributed by atoms with Gasteiger partial charge in [-0.1, -0.05) is 20.8 Å². The van der Waals surface area contributed by atoms with Crippen LogP contribution in [0.3, 0.4) is 0 Å². The first-order valence-electron chi connectivity index (χ1n) is 10.0. The van der Waals surface area contributed by atoms with Crippen LogP contribution in [0, 0.1) is 0 Å². The summed E-state index contributed by atoms with van der Waals surface area (Å²) in [5, 5.41) is 9.53. The lowest BCUT2D eigenvalue weighted by Gasteiger charge is -2.31. The molecule has 1 N–H and O–H groups in total. The lowest BCUT2D eigenvalue weighted by Crippen LogP contribution is -2.32. The predicted octanol–water partition coefficient (Wildman–Crippen LogP) is 3.49. The molecule has 7 nitrogen and oxygen atoms in total. The Morgan fingerprint density at radius 1 is 1.17 bits per heavy atom. The number of aryl methyl sites for hydroxylation is 2. The number of aromatic carboxylic acids is 1. The number of nitrogens with zero attached hydrogens (tertiary/aromatic N) is 1. The van der Waals surface area contributed by atoms with Gasteiger partial charge in [0.15, 0.2) is 16.9 Å². The Hall–Kier alpha value is -2.80. The van der Waals surface area contributed by atoms with Crippen LogP contribution in [-0.2, 0) is 23.1 Å². The van der Waals surface area contributed by atoms with Gasteiger partial charge in [-0.2, -0.15) is 0 Å². The van der Waals surface area contributed by atoms with Crippen LogP contribution in [0.4, 0.5) is 0 Å². The number of carboxylic acids is 1. The normalized spacial score (nSPS) is 12.8. The number of ether oxygens (including phenoxy) is 3. The van der Waals surface area contributed by atoms with Gasteiger partial charge in [-0.3, -0.25) is 4.79 Å². The van der Waals surface area contributed by atoms with Crippen molar-refractivity contribution >= 4 is 5.97 Å². The summed E-state index contributed by atoms with van der Waals surface area (Å²) in [6.45, 7) is 7.49. The van der Waals surface area contributed by atoms with Crippen molar-refractivity contribution in [3.8, 4) is 22.8 Å². The highest BCUT2D eigenvalue weighted by Gasteiger charge is 2.31. The predicted molar refractivity (Wildman–Crippen MR) is 114 cm³/mol. The number of hydrogen-bond acceptors (Lipinski definition) is 5. The molecule has 1 aliphatic heterocycles. The van der Waals surface area contributed by atoms with Crippen molar-refractivity contribution in [2.45, 2.75) is 45.6 Å². The van der Waals surface area contributed by atoms with Gasteiger partial charge < -0.3 is 23.9 Å². The summed E-state index contributed by atoms with van der Waals surface area (Å²) in [5.41, 5.74) is 2.01. The lowest BCUT2D eigenvalue weighted by atomic mass is 9.80. The fourth-order valence-corrected chi connectivity index (χ4v) is 3.91. The molecular weight excluding hydrogens is 386 g/mol. The third-order valence-corrected chi connectivity index (χ3v) is 5.28. The Morgan fingerprint density at radius 3 is 2.50 bits per heavy atom. The second-order valence-corrected chi connectivity index (χ2v) is 8.45. The molecule has 0 saturated carbocycles. The molecule has 0 spiro atoms. The Bertz CT molecular complexity index is 1020. The molecule has 30 heavy (non-hydrogen) atoms. The van der Waals surface area contributed by atoms with Crippen LogP contribution in [0.25, 0.3) is 11.3 Å². The van der Waals surface area contributed by atoms with Crippen LogP contribution in [0.1, 0.15) is 48.7 Å². The zero-order chi connectivity index (χ0) is 22.1. The number of hydrogen-bond donors (Lipinski definition) is 1. The highest BCUT2D eigenvalue weighted by molar-refractivity contribution is 5.88. The van der Waals surface area contributed by atoms with E-state index in [0.717, 1.165) is 23.2 Å². The van der Waals surface area contributed by atoms with E-state index in [9.17, 15) is 14.7 Å². The van der Waals surface area contributed by atoms with E-state index >= 15 is 0 Å². The summed E-state index contributed by atoms with van der Waals surface area (Å²) in [5.74, 6) is 0.0286. The Kier molecular flexibility index (Phi) is 6.22. The summed E-state index contributed by atoms with van der Waals surface area (Å²) in [6, 6.07) is 3.85. The zero-order valence-corrected chi connectivity index (χ0v) is 18.2. The van der Waals surface area contributed by atoms with Crippen LogP contribution >= 0.6 is 0 Å². The first-order chi connectivity index (χ1) is 14.2. The minimum atomic E-state index is -1.20. The van der Waals surface area contributed by atoms with E-state index in [2.05, 4.69) is 0 Å². The van der Waals surface area contributed by atoms with Crippen molar-refractivity contribution in [2.75, 3.05) is 27.4 Å². The van der Waals surface area contributed by atoms with Crippen molar-refractivity contribution in [1.29, 1.82) is 0 Å². The van der Waals surface area contributed by atoms with Gasteiger partial charge >= 0.3 is 5.97 Å². The maximum atomic E-state index is 13.1. The third kappa shape index (κ3) is 4.07. The third-order valence-electron chi connectivity index (χ3n) is 5.28. The minimum absolute atomic E-state index is 0.197. The minimum Gasteiger partial charge on any atom is -0.493 e. The number of benzene rings is 1. The van der Waals surface area contributed by atoms with Crippen LogP contribution in [0.2, 0.25) is 0 Å². The number of aromatic nitrogens is 1. The lowest BCUT2D eigenvalue weighted by molar-refractivity contribution is 0.0694. The standard InChI is InChI=1S/C23H29NO6/c1-23(2,3)19-20-15-12-17(29-5)18(30-10-6-9-28-4)11-14(15)7-8-24(20)13-16(21(19)25)22(26)27/h11-13H,6-10H2,1-5H3,(H,26,27). The molecule has 1 aromatic heterocycles. The largest absolute Gasteiger partial charge is 0.493 e. The molecule has 0 saturated heterocycles. The summed E-state index contributed by atoms with van der Waals surface area (Å²) in [7, 11) is 3.24. The molecule has 0 amide bonds. The fourth-order valence-electron chi connectivity index (χ4n) is 3.91. The molecule has 162 valence electrons. The van der Waals surface area contributed by atoms with Gasteiger partial charge in [0.25, 0.3) is 0 Å². The number of carbonyl (C=O) groups is 1. The van der Waals surface area contributed by atoms with E-state index in [0.29, 0.717) is 43.2 Å². The van der Waals surface area contributed by atoms with E-state index in [1.54, 1.807) is 14.2 Å². The molecule has 2 heterocycles. The van der Waals surface area contributed by atoms with E-state index in [4.69, 9.17) is 14.2 Å². The Morgan fingerprint density at radius 2 is 1.90 bits per heavy atom. The summed E-state index contributed by atoms with van der Waals surface area (Å²) in [6.07, 6.45) is 2.92. The number of pyridine rings is 1. The highest BCUT2D eigenvalue weighted by atomic mass is 16.5. The zero-order valence-electron chi connectivity index (χ0n) is 18.2. The van der Waals surface area contributed by atoms with Gasteiger partial charge in [-0.05, 0) is 29.5 Å². The molecular formula is C23H29NO6. The van der Waals surface area contributed by atoms with E-state index in [1.165, 1.54) is 6.20 Å². The molecule has 0 radical (unpaired) electrons. The van der Waals surface area contributed by atoms with Gasteiger partial charge in [-0.15, -0.1) is 0 Å². The fraction of sp³-hybridized carbons (Fsp3) is 0.478. The average molecular weight is 415 g/mol. The van der Waals surface area contributed by atoms with Crippen molar-refractivity contribution in [1.82, 2.24) is 4.57 Å². The Balaban J connectivity index is 2.18. The number of fused-ring (bicyclic) bond motifs is 3. The molecule has 0 fully saturated rings. The first kappa shape index (κ1) is 21.9. The summed E-state index contributed by atoms with van der Waals surface area (Å²) >= 11 is 0. The topological polar surface area (TPSA) is 87.0 Å². The van der Waals surface area contributed by atoms with Crippen molar-refractivity contribution in [3.63, 3.8) is 0 Å². The maximum absolute atomic E-state index is 13.1. The van der Waals surface area contributed by atoms with Gasteiger partial charge in [0, 0.05) is 44.0 Å². The molecule has 0 atom stereocenters. The molecule has 3 rings (SSSR count). The second-order valence-electron chi connectivity index (χ2n) is 8.45. The second kappa shape index (κ2) is 8.52. The molecule has 0 bridgehead atoms. The van der Waals surface area contributed by atoms with E-state index in [-0.39, 0.29) is 5.56 Å². The van der Waals surface area contributed by atoms with E-state index in [1.807, 2.05) is 37.5 Å². The van der Waals surface area contributed by atoms with Crippen LogP contribution in [0.5, 0.6) is 11.5 Å². The number of carboxylic acid groups (broad SMARTS) is 1. The van der Waals surface area contributed by atoms with E-state index < -0.39 is 16.8 Å². The Labute approximate surface area is 176 Å². The molecule has 0 aliphatic carbocycles. The maximum Gasteiger partial charge on any atom is 0.341 e. The molecule has 1 aliphatic rings. The highest BCUT2D eigenvalue weighted by Crippen LogP contribution is 2.41. The number of methoxy groups -OCH3 is 2.